The molecule has 11 heteroatoms. The first-order valence-corrected chi connectivity index (χ1v) is 14.7. The van der Waals surface area contributed by atoms with Crippen molar-refractivity contribution < 1.29 is 22.4 Å². The Morgan fingerprint density at radius 2 is 1.73 bits per heavy atom. The number of hydrogen-bond acceptors (Lipinski definition) is 6. The van der Waals surface area contributed by atoms with Crippen LogP contribution in [0.3, 0.4) is 0 Å². The van der Waals surface area contributed by atoms with E-state index in [1.165, 1.54) is 30.7 Å². The molecule has 0 aliphatic rings. The van der Waals surface area contributed by atoms with E-state index in [1.54, 1.807) is 24.3 Å². The summed E-state index contributed by atoms with van der Waals surface area (Å²) in [5.41, 5.74) is -0.700. The monoisotopic (exact) mass is 610 g/mol. The number of sulfonamides is 1. The Balaban J connectivity index is 1.63. The molecular weight excluding hydrogens is 584 g/mol. The number of nitrogens with one attached hydrogen (secondary N) is 2. The first-order valence-electron chi connectivity index (χ1n) is 12.0. The molecule has 0 saturated heterocycles. The van der Waals surface area contributed by atoms with Crippen LogP contribution in [0.25, 0.3) is 11.0 Å². The summed E-state index contributed by atoms with van der Waals surface area (Å²) in [5.74, 6) is -1.57. The number of carbonyl (C=O) groups excluding carboxylic acids is 2. The highest BCUT2D eigenvalue weighted by molar-refractivity contribution is 9.10. The van der Waals surface area contributed by atoms with E-state index in [0.717, 1.165) is 32.1 Å². The zero-order valence-corrected chi connectivity index (χ0v) is 23.4. The van der Waals surface area contributed by atoms with Crippen LogP contribution >= 0.6 is 27.5 Å². The summed E-state index contributed by atoms with van der Waals surface area (Å²) in [6.07, 6.45) is 6.22. The van der Waals surface area contributed by atoms with Crippen LogP contribution in [0.4, 0.5) is 5.69 Å². The van der Waals surface area contributed by atoms with Crippen molar-refractivity contribution in [3.63, 3.8) is 0 Å². The Kier molecular flexibility index (Phi) is 10.5. The van der Waals surface area contributed by atoms with Crippen molar-refractivity contribution in [1.82, 2.24) is 4.72 Å². The third-order valence-electron chi connectivity index (χ3n) is 5.70. The minimum absolute atomic E-state index is 0.0202. The smallest absolute Gasteiger partial charge is 0.347 e. The molecule has 0 spiro atoms. The summed E-state index contributed by atoms with van der Waals surface area (Å²) in [4.78, 5) is 36.4. The topological polar surface area (TPSA) is 123 Å². The molecule has 0 aliphatic carbocycles. The third kappa shape index (κ3) is 7.73. The number of unbranched alkanes of at least 4 members (excludes halogenated alkanes) is 5. The van der Waals surface area contributed by atoms with Crippen LogP contribution in [-0.4, -0.2) is 31.5 Å². The molecule has 198 valence electrons. The fourth-order valence-electron chi connectivity index (χ4n) is 3.64. The van der Waals surface area contributed by atoms with Crippen molar-refractivity contribution in [2.75, 3.05) is 11.9 Å². The minimum atomic E-state index is -3.77. The summed E-state index contributed by atoms with van der Waals surface area (Å²) < 4.78 is 32.9. The summed E-state index contributed by atoms with van der Waals surface area (Å²) in [7, 11) is -3.77. The fraction of sp³-hybridized carbons (Fsp3) is 0.346. The van der Waals surface area contributed by atoms with Crippen LogP contribution in [0.1, 0.15) is 55.8 Å². The average Bonchev–Trinajstić information content (AvgIpc) is 2.87. The average molecular weight is 612 g/mol. The van der Waals surface area contributed by atoms with Gasteiger partial charge >= 0.3 is 5.63 Å². The highest BCUT2D eigenvalue weighted by Crippen LogP contribution is 2.26. The van der Waals surface area contributed by atoms with Crippen LogP contribution in [-0.2, 0) is 14.8 Å². The number of para-hydroxylation sites is 1. The SMILES string of the molecule is CCCCCCCCNS(=O)(=O)c1ccc(NC(=O)C(Br)C(=O)c2cc3ccccc3oc2=O)c(Cl)c1. The van der Waals surface area contributed by atoms with Crippen LogP contribution < -0.4 is 15.7 Å². The van der Waals surface area contributed by atoms with E-state index in [-0.39, 0.29) is 21.2 Å². The molecule has 0 saturated carbocycles. The van der Waals surface area contributed by atoms with Crippen molar-refractivity contribution in [2.45, 2.75) is 55.2 Å². The molecule has 2 aromatic carbocycles. The number of amides is 1. The van der Waals surface area contributed by atoms with Gasteiger partial charge in [0, 0.05) is 11.9 Å². The third-order valence-corrected chi connectivity index (χ3v) is 8.30. The van der Waals surface area contributed by atoms with E-state index in [0.29, 0.717) is 17.5 Å². The largest absolute Gasteiger partial charge is 0.422 e. The van der Waals surface area contributed by atoms with E-state index in [2.05, 4.69) is 32.9 Å². The van der Waals surface area contributed by atoms with Crippen molar-refractivity contribution in [3.05, 3.63) is 69.5 Å². The Morgan fingerprint density at radius 3 is 2.46 bits per heavy atom. The predicted octanol–water partition coefficient (Wildman–Crippen LogP) is 5.67. The van der Waals surface area contributed by atoms with Crippen molar-refractivity contribution >= 4 is 65.9 Å². The molecule has 1 aromatic heterocycles. The maximum atomic E-state index is 12.8. The number of hydrogen-bond donors (Lipinski definition) is 2. The van der Waals surface area contributed by atoms with Gasteiger partial charge in [-0.2, -0.15) is 0 Å². The second-order valence-corrected chi connectivity index (χ2v) is 11.6. The normalized spacial score (nSPS) is 12.4. The zero-order valence-electron chi connectivity index (χ0n) is 20.3. The first-order chi connectivity index (χ1) is 17.6. The van der Waals surface area contributed by atoms with Gasteiger partial charge in [-0.15, -0.1) is 0 Å². The molecule has 1 atom stereocenters. The molecule has 3 rings (SSSR count). The van der Waals surface area contributed by atoms with Gasteiger partial charge < -0.3 is 9.73 Å². The number of rotatable bonds is 13. The molecule has 1 heterocycles. The predicted molar refractivity (Wildman–Crippen MR) is 148 cm³/mol. The van der Waals surface area contributed by atoms with Crippen LogP contribution in [0.2, 0.25) is 5.02 Å². The van der Waals surface area contributed by atoms with Gasteiger partial charge in [-0.1, -0.05) is 84.8 Å². The zero-order chi connectivity index (χ0) is 27.0. The molecule has 0 aliphatic heterocycles. The first kappa shape index (κ1) is 29.0. The number of halogens is 2. The number of benzene rings is 2. The Hall–Kier alpha value is -2.53. The van der Waals surface area contributed by atoms with Crippen LogP contribution in [0, 0.1) is 0 Å². The summed E-state index contributed by atoms with van der Waals surface area (Å²) in [5, 5.41) is 3.00. The van der Waals surface area contributed by atoms with Crippen LogP contribution in [0.5, 0.6) is 0 Å². The fourth-order valence-corrected chi connectivity index (χ4v) is 5.40. The van der Waals surface area contributed by atoms with E-state index < -0.39 is 32.2 Å². The molecule has 0 bridgehead atoms. The number of carbonyl (C=O) groups is 2. The van der Waals surface area contributed by atoms with E-state index in [9.17, 15) is 22.8 Å². The van der Waals surface area contributed by atoms with E-state index in [4.69, 9.17) is 16.0 Å². The van der Waals surface area contributed by atoms with Gasteiger partial charge in [0.2, 0.25) is 15.9 Å². The number of Topliss-reactive ketones (excluding diaryl/α,β-unsaturated/α-hetero) is 1. The molecule has 1 unspecified atom stereocenters. The van der Waals surface area contributed by atoms with Gasteiger partial charge in [0.15, 0.2) is 10.6 Å². The lowest BCUT2D eigenvalue weighted by atomic mass is 10.1. The lowest BCUT2D eigenvalue weighted by Gasteiger charge is -2.13. The molecule has 3 aromatic rings. The van der Waals surface area contributed by atoms with Gasteiger partial charge in [0.1, 0.15) is 11.1 Å². The molecular formula is C26H28BrClN2O6S. The summed E-state index contributed by atoms with van der Waals surface area (Å²) in [6.45, 7) is 2.46. The maximum Gasteiger partial charge on any atom is 0.347 e. The second-order valence-electron chi connectivity index (χ2n) is 8.51. The molecule has 0 radical (unpaired) electrons. The van der Waals surface area contributed by atoms with E-state index in [1.807, 2.05) is 0 Å². The second kappa shape index (κ2) is 13.3. The standard InChI is InChI=1S/C26H28BrClN2O6S/c1-2-3-4-5-6-9-14-29-37(34,35)18-12-13-21(20(28)16-18)30-25(32)23(27)24(31)19-15-17-10-7-8-11-22(17)36-26(19)33/h7-8,10-13,15-16,23,29H,2-6,9,14H2,1H3,(H,30,32). The number of ketones is 1. The molecule has 0 fully saturated rings. The Bertz CT molecular complexity index is 1440. The summed E-state index contributed by atoms with van der Waals surface area (Å²) >= 11 is 9.27. The molecule has 2 N–H and O–H groups in total. The van der Waals surface area contributed by atoms with E-state index >= 15 is 0 Å². The Labute approximate surface area is 229 Å². The van der Waals surface area contributed by atoms with Gasteiger partial charge in [-0.25, -0.2) is 17.9 Å². The van der Waals surface area contributed by atoms with Crippen molar-refractivity contribution in [2.24, 2.45) is 0 Å². The number of alkyl halides is 1. The van der Waals surface area contributed by atoms with Gasteiger partial charge in [0.05, 0.1) is 15.6 Å². The maximum absolute atomic E-state index is 12.8. The highest BCUT2D eigenvalue weighted by atomic mass is 79.9. The van der Waals surface area contributed by atoms with Crippen molar-refractivity contribution in [3.8, 4) is 0 Å². The van der Waals surface area contributed by atoms with Gasteiger partial charge in [-0.3, -0.25) is 9.59 Å². The lowest BCUT2D eigenvalue weighted by Crippen LogP contribution is -2.32. The summed E-state index contributed by atoms with van der Waals surface area (Å²) in [6, 6.07) is 11.9. The lowest BCUT2D eigenvalue weighted by molar-refractivity contribution is -0.114. The quantitative estimate of drug-likeness (QED) is 0.0844. The molecule has 8 nitrogen and oxygen atoms in total. The van der Waals surface area contributed by atoms with Gasteiger partial charge in [-0.05, 0) is 36.8 Å². The van der Waals surface area contributed by atoms with Crippen molar-refractivity contribution in [1.29, 1.82) is 0 Å². The Morgan fingerprint density at radius 1 is 1.03 bits per heavy atom. The highest BCUT2D eigenvalue weighted by Gasteiger charge is 2.28. The number of fused-ring (bicyclic) bond motifs is 1. The van der Waals surface area contributed by atoms with Crippen LogP contribution in [0.15, 0.2) is 62.6 Å². The minimum Gasteiger partial charge on any atom is -0.422 e. The molecule has 1 amide bonds. The number of anilines is 1. The van der Waals surface area contributed by atoms with Gasteiger partial charge in [0.25, 0.3) is 0 Å². The molecule has 37 heavy (non-hydrogen) atoms.